The van der Waals surface area contributed by atoms with Crippen LogP contribution in [0.4, 0.5) is 8.78 Å². The summed E-state index contributed by atoms with van der Waals surface area (Å²) < 4.78 is 29.5. The fourth-order valence-corrected chi connectivity index (χ4v) is 1.50. The molecular formula is C10H7F2NO2S. The van der Waals surface area contributed by atoms with Gasteiger partial charge in [-0.15, -0.1) is 12.6 Å². The van der Waals surface area contributed by atoms with Crippen molar-refractivity contribution in [2.45, 2.75) is 11.3 Å². The number of carbonyl (C=O) groups excluding carboxylic acids is 1. The van der Waals surface area contributed by atoms with E-state index in [1.54, 1.807) is 6.07 Å². The van der Waals surface area contributed by atoms with Gasteiger partial charge in [0.15, 0.2) is 0 Å². The number of benzene rings is 1. The highest BCUT2D eigenvalue weighted by Gasteiger charge is 2.22. The Balaban J connectivity index is 3.52. The monoisotopic (exact) mass is 243 g/mol. The number of esters is 1. The SMILES string of the molecule is COC(=O)c1c(S)ccc(C(F)F)c1C#N. The number of alkyl halides is 2. The van der Waals surface area contributed by atoms with Crippen LogP contribution >= 0.6 is 12.6 Å². The van der Waals surface area contributed by atoms with Crippen LogP contribution in [-0.4, -0.2) is 13.1 Å². The van der Waals surface area contributed by atoms with Gasteiger partial charge >= 0.3 is 5.97 Å². The van der Waals surface area contributed by atoms with E-state index < -0.39 is 23.5 Å². The molecule has 0 bridgehead atoms. The number of nitriles is 1. The molecule has 0 aliphatic rings. The number of methoxy groups -OCH3 is 1. The minimum absolute atomic E-state index is 0.132. The molecule has 0 N–H and O–H groups in total. The van der Waals surface area contributed by atoms with Crippen molar-refractivity contribution in [3.8, 4) is 6.07 Å². The molecule has 0 radical (unpaired) electrons. The maximum absolute atomic E-state index is 12.6. The van der Waals surface area contributed by atoms with Crippen LogP contribution in [0, 0.1) is 11.3 Å². The number of hydrogen-bond acceptors (Lipinski definition) is 4. The van der Waals surface area contributed by atoms with E-state index in [0.717, 1.165) is 13.2 Å². The Morgan fingerprint density at radius 1 is 1.56 bits per heavy atom. The van der Waals surface area contributed by atoms with E-state index in [0.29, 0.717) is 0 Å². The summed E-state index contributed by atoms with van der Waals surface area (Å²) in [4.78, 5) is 11.5. The lowest BCUT2D eigenvalue weighted by Gasteiger charge is -2.09. The second kappa shape index (κ2) is 4.94. The van der Waals surface area contributed by atoms with E-state index in [1.807, 2.05) is 0 Å². The summed E-state index contributed by atoms with van der Waals surface area (Å²) >= 11 is 3.93. The van der Waals surface area contributed by atoms with Gasteiger partial charge in [0.1, 0.15) is 6.07 Å². The summed E-state index contributed by atoms with van der Waals surface area (Å²) in [5.74, 6) is -0.857. The van der Waals surface area contributed by atoms with Crippen LogP contribution in [-0.2, 0) is 4.74 Å². The van der Waals surface area contributed by atoms with Crippen LogP contribution in [0.15, 0.2) is 17.0 Å². The lowest BCUT2D eigenvalue weighted by molar-refractivity contribution is 0.0596. The molecule has 0 atom stereocenters. The molecule has 0 amide bonds. The van der Waals surface area contributed by atoms with Crippen molar-refractivity contribution in [2.24, 2.45) is 0 Å². The lowest BCUT2D eigenvalue weighted by Crippen LogP contribution is -2.08. The number of nitrogens with zero attached hydrogens (tertiary/aromatic N) is 1. The third kappa shape index (κ3) is 2.14. The molecule has 3 nitrogen and oxygen atoms in total. The van der Waals surface area contributed by atoms with Crippen LogP contribution in [0.5, 0.6) is 0 Å². The Hall–Kier alpha value is -1.61. The second-order valence-corrected chi connectivity index (χ2v) is 3.31. The highest BCUT2D eigenvalue weighted by atomic mass is 32.1. The molecule has 0 unspecified atom stereocenters. The Morgan fingerprint density at radius 2 is 2.19 bits per heavy atom. The first-order valence-corrected chi connectivity index (χ1v) is 4.60. The number of carbonyl (C=O) groups is 1. The summed E-state index contributed by atoms with van der Waals surface area (Å²) in [5.41, 5.74) is -1.12. The standard InChI is InChI=1S/C10H7F2NO2S/c1-15-10(14)8-6(4-13)5(9(11)12)2-3-7(8)16/h2-3,9,16H,1H3. The third-order valence-electron chi connectivity index (χ3n) is 1.95. The molecule has 6 heteroatoms. The number of rotatable bonds is 2. The number of halogens is 2. The Kier molecular flexibility index (Phi) is 3.85. The predicted molar refractivity (Wildman–Crippen MR) is 54.7 cm³/mol. The summed E-state index contributed by atoms with van der Waals surface area (Å²) in [7, 11) is 1.10. The van der Waals surface area contributed by atoms with Crippen molar-refractivity contribution in [3.05, 3.63) is 28.8 Å². The van der Waals surface area contributed by atoms with E-state index in [4.69, 9.17) is 5.26 Å². The first-order valence-electron chi connectivity index (χ1n) is 4.15. The third-order valence-corrected chi connectivity index (χ3v) is 2.32. The van der Waals surface area contributed by atoms with E-state index in [2.05, 4.69) is 17.4 Å². The summed E-state index contributed by atoms with van der Waals surface area (Å²) in [6, 6.07) is 3.87. The molecule has 0 saturated carbocycles. The molecule has 84 valence electrons. The molecule has 0 aliphatic heterocycles. The van der Waals surface area contributed by atoms with Crippen LogP contribution in [0.1, 0.15) is 27.9 Å². The Bertz CT molecular complexity index is 469. The van der Waals surface area contributed by atoms with Gasteiger partial charge in [0.25, 0.3) is 6.43 Å². The zero-order chi connectivity index (χ0) is 12.3. The molecule has 1 aromatic carbocycles. The molecule has 1 aromatic rings. The van der Waals surface area contributed by atoms with Crippen molar-refractivity contribution in [1.29, 1.82) is 5.26 Å². The van der Waals surface area contributed by atoms with Gasteiger partial charge in [-0.1, -0.05) is 6.07 Å². The number of ether oxygens (including phenoxy) is 1. The first kappa shape index (κ1) is 12.5. The van der Waals surface area contributed by atoms with Gasteiger partial charge in [-0.3, -0.25) is 0 Å². The van der Waals surface area contributed by atoms with E-state index in [-0.39, 0.29) is 10.5 Å². The zero-order valence-corrected chi connectivity index (χ0v) is 9.09. The Morgan fingerprint density at radius 3 is 2.62 bits per heavy atom. The minimum Gasteiger partial charge on any atom is -0.465 e. The molecule has 0 aliphatic carbocycles. The van der Waals surface area contributed by atoms with Crippen molar-refractivity contribution in [2.75, 3.05) is 7.11 Å². The average molecular weight is 243 g/mol. The van der Waals surface area contributed by atoms with E-state index in [9.17, 15) is 13.6 Å². The van der Waals surface area contributed by atoms with Crippen LogP contribution in [0.2, 0.25) is 0 Å². The predicted octanol–water partition coefficient (Wildman–Crippen LogP) is 2.57. The van der Waals surface area contributed by atoms with Gasteiger partial charge < -0.3 is 4.74 Å². The number of hydrogen-bond donors (Lipinski definition) is 1. The molecule has 16 heavy (non-hydrogen) atoms. The first-order chi connectivity index (χ1) is 7.52. The lowest BCUT2D eigenvalue weighted by atomic mass is 10.0. The smallest absolute Gasteiger partial charge is 0.340 e. The van der Waals surface area contributed by atoms with Gasteiger partial charge in [-0.2, -0.15) is 5.26 Å². The molecule has 0 spiro atoms. The zero-order valence-electron chi connectivity index (χ0n) is 8.20. The van der Waals surface area contributed by atoms with Crippen molar-refractivity contribution in [3.63, 3.8) is 0 Å². The van der Waals surface area contributed by atoms with E-state index >= 15 is 0 Å². The number of thiol groups is 1. The van der Waals surface area contributed by atoms with Crippen LogP contribution < -0.4 is 0 Å². The topological polar surface area (TPSA) is 50.1 Å². The quantitative estimate of drug-likeness (QED) is 0.641. The van der Waals surface area contributed by atoms with Gasteiger partial charge in [0.2, 0.25) is 0 Å². The summed E-state index contributed by atoms with van der Waals surface area (Å²) in [6.07, 6.45) is -2.83. The van der Waals surface area contributed by atoms with Gasteiger partial charge in [0, 0.05) is 10.5 Å². The maximum Gasteiger partial charge on any atom is 0.340 e. The van der Waals surface area contributed by atoms with Crippen molar-refractivity contribution in [1.82, 2.24) is 0 Å². The fraction of sp³-hybridized carbons (Fsp3) is 0.200. The minimum atomic E-state index is -2.83. The fourth-order valence-electron chi connectivity index (χ4n) is 1.22. The van der Waals surface area contributed by atoms with Gasteiger partial charge in [-0.25, -0.2) is 13.6 Å². The van der Waals surface area contributed by atoms with Crippen LogP contribution in [0.3, 0.4) is 0 Å². The summed E-state index contributed by atoms with van der Waals surface area (Å²) in [6.45, 7) is 0. The highest BCUT2D eigenvalue weighted by molar-refractivity contribution is 7.80. The highest BCUT2D eigenvalue weighted by Crippen LogP contribution is 2.29. The molecule has 0 fully saturated rings. The van der Waals surface area contributed by atoms with Crippen LogP contribution in [0.25, 0.3) is 0 Å². The van der Waals surface area contributed by atoms with Crippen molar-refractivity contribution < 1.29 is 18.3 Å². The van der Waals surface area contributed by atoms with Gasteiger partial charge in [-0.05, 0) is 6.07 Å². The Labute approximate surface area is 96.0 Å². The second-order valence-electron chi connectivity index (χ2n) is 2.83. The molecule has 0 heterocycles. The average Bonchev–Trinajstić information content (AvgIpc) is 2.26. The maximum atomic E-state index is 12.6. The molecular weight excluding hydrogens is 236 g/mol. The normalized spacial score (nSPS) is 10.0. The largest absolute Gasteiger partial charge is 0.465 e. The molecule has 0 saturated heterocycles. The van der Waals surface area contributed by atoms with E-state index in [1.165, 1.54) is 6.07 Å². The molecule has 1 rings (SSSR count). The van der Waals surface area contributed by atoms with Gasteiger partial charge in [0.05, 0.1) is 18.2 Å². The van der Waals surface area contributed by atoms with Crippen molar-refractivity contribution >= 4 is 18.6 Å². The molecule has 0 aromatic heterocycles. The summed E-state index contributed by atoms with van der Waals surface area (Å²) in [5, 5.41) is 8.79.